The number of carbonyl (C=O) groups is 1. The van der Waals surface area contributed by atoms with E-state index in [4.69, 9.17) is 22.1 Å². The molecule has 3 aromatic rings. The average molecular weight is 401 g/mol. The zero-order chi connectivity index (χ0) is 18.5. The van der Waals surface area contributed by atoms with Crippen LogP contribution in [0, 0.1) is 5.92 Å². The Labute approximate surface area is 164 Å². The Balaban J connectivity index is 1.38. The number of nitrogens with two attached hydrogens (primary N) is 1. The second-order valence-electron chi connectivity index (χ2n) is 6.92. The summed E-state index contributed by atoms with van der Waals surface area (Å²) in [5.41, 5.74) is 8.23. The largest absolute Gasteiger partial charge is 0.492 e. The molecular weight excluding hydrogens is 384 g/mol. The van der Waals surface area contributed by atoms with Gasteiger partial charge in [0.1, 0.15) is 29.3 Å². The molecule has 5 rings (SSSR count). The normalized spacial score (nSPS) is 18.7. The van der Waals surface area contributed by atoms with Crippen LogP contribution in [0.2, 0.25) is 5.02 Å². The van der Waals surface area contributed by atoms with Crippen molar-refractivity contribution in [3.05, 3.63) is 45.6 Å². The number of halogens is 1. The first-order valence-corrected chi connectivity index (χ1v) is 10.0. The highest BCUT2D eigenvalue weighted by Gasteiger charge is 2.32. The molecule has 8 heteroatoms. The molecule has 0 bridgehead atoms. The Bertz CT molecular complexity index is 1070. The van der Waals surface area contributed by atoms with Crippen LogP contribution in [-0.4, -0.2) is 33.9 Å². The van der Waals surface area contributed by atoms with E-state index in [1.165, 1.54) is 11.9 Å². The van der Waals surface area contributed by atoms with Crippen LogP contribution >= 0.6 is 22.9 Å². The van der Waals surface area contributed by atoms with Gasteiger partial charge < -0.3 is 15.4 Å². The van der Waals surface area contributed by atoms with Crippen molar-refractivity contribution < 1.29 is 9.53 Å². The maximum atomic E-state index is 13.1. The molecule has 6 nitrogen and oxygen atoms in total. The quantitative estimate of drug-likeness (QED) is 0.678. The van der Waals surface area contributed by atoms with Gasteiger partial charge in [-0.05, 0) is 42.2 Å². The molecule has 138 valence electrons. The molecule has 4 heterocycles. The van der Waals surface area contributed by atoms with E-state index in [2.05, 4.69) is 9.97 Å². The Kier molecular flexibility index (Phi) is 3.94. The van der Waals surface area contributed by atoms with Gasteiger partial charge in [-0.3, -0.25) is 4.79 Å². The van der Waals surface area contributed by atoms with Gasteiger partial charge in [0.2, 0.25) is 5.91 Å². The molecule has 1 aromatic carbocycles. The predicted molar refractivity (Wildman–Crippen MR) is 105 cm³/mol. The molecule has 2 N–H and O–H groups in total. The van der Waals surface area contributed by atoms with Crippen molar-refractivity contribution in [1.82, 2.24) is 14.9 Å². The molecule has 0 radical (unpaired) electrons. The average Bonchev–Trinajstić information content (AvgIpc) is 3.05. The minimum absolute atomic E-state index is 0.128. The number of anilines is 1. The Morgan fingerprint density at radius 2 is 2.26 bits per heavy atom. The Morgan fingerprint density at radius 1 is 1.37 bits per heavy atom. The maximum Gasteiger partial charge on any atom is 0.229 e. The van der Waals surface area contributed by atoms with E-state index in [1.807, 2.05) is 23.1 Å². The number of thiophene rings is 1. The molecule has 0 saturated carbocycles. The van der Waals surface area contributed by atoms with Gasteiger partial charge >= 0.3 is 0 Å². The zero-order valence-corrected chi connectivity index (χ0v) is 16.0. The number of nitrogen functional groups attached to an aromatic ring is 1. The predicted octanol–water partition coefficient (Wildman–Crippen LogP) is 3.06. The van der Waals surface area contributed by atoms with E-state index in [0.717, 1.165) is 32.8 Å². The molecule has 0 aliphatic carbocycles. The molecule has 2 aromatic heterocycles. The van der Waals surface area contributed by atoms with Crippen LogP contribution in [-0.2, 0) is 24.2 Å². The van der Waals surface area contributed by atoms with Crippen molar-refractivity contribution >= 4 is 44.9 Å². The van der Waals surface area contributed by atoms with Gasteiger partial charge in [0.15, 0.2) is 0 Å². The topological polar surface area (TPSA) is 81.3 Å². The van der Waals surface area contributed by atoms with Crippen molar-refractivity contribution in [3.8, 4) is 5.75 Å². The molecule has 27 heavy (non-hydrogen) atoms. The van der Waals surface area contributed by atoms with Crippen LogP contribution in [0.4, 0.5) is 5.82 Å². The van der Waals surface area contributed by atoms with Gasteiger partial charge in [-0.2, -0.15) is 0 Å². The molecule has 0 spiro atoms. The lowest BCUT2D eigenvalue weighted by atomic mass is 9.94. The standard InChI is InChI=1S/C19H17ClN4O2S/c20-12-1-2-14-10(6-12)5-11(8-26-14)19(25)24-4-3-13-15(7-24)27-18-16(13)17(21)22-9-23-18/h1-2,6,9,11H,3-5,7-8H2,(H2,21,22,23)/t11-/m0/s1. The van der Waals surface area contributed by atoms with Gasteiger partial charge in [0, 0.05) is 16.4 Å². The third-order valence-corrected chi connectivity index (χ3v) is 6.62. The van der Waals surface area contributed by atoms with E-state index in [9.17, 15) is 4.79 Å². The zero-order valence-electron chi connectivity index (χ0n) is 14.4. The van der Waals surface area contributed by atoms with Crippen LogP contribution < -0.4 is 10.5 Å². The summed E-state index contributed by atoms with van der Waals surface area (Å²) in [5, 5.41) is 1.62. The maximum absolute atomic E-state index is 13.1. The molecule has 0 unspecified atom stereocenters. The third kappa shape index (κ3) is 2.82. The summed E-state index contributed by atoms with van der Waals surface area (Å²) >= 11 is 7.69. The number of amides is 1. The van der Waals surface area contributed by atoms with Crippen LogP contribution in [0.15, 0.2) is 24.5 Å². The van der Waals surface area contributed by atoms with Crippen LogP contribution in [0.1, 0.15) is 16.0 Å². The molecule has 2 aliphatic heterocycles. The summed E-state index contributed by atoms with van der Waals surface area (Å²) < 4.78 is 5.80. The lowest BCUT2D eigenvalue weighted by molar-refractivity contribution is -0.137. The summed E-state index contributed by atoms with van der Waals surface area (Å²) in [6.07, 6.45) is 2.92. The van der Waals surface area contributed by atoms with Crippen LogP contribution in [0.25, 0.3) is 10.2 Å². The van der Waals surface area contributed by atoms with Crippen molar-refractivity contribution in [2.75, 3.05) is 18.9 Å². The summed E-state index contributed by atoms with van der Waals surface area (Å²) in [6.45, 7) is 1.67. The highest BCUT2D eigenvalue weighted by atomic mass is 35.5. The van der Waals surface area contributed by atoms with Crippen molar-refractivity contribution in [2.45, 2.75) is 19.4 Å². The number of nitrogens with zero attached hydrogens (tertiary/aromatic N) is 3. The van der Waals surface area contributed by atoms with Crippen LogP contribution in [0.3, 0.4) is 0 Å². The van der Waals surface area contributed by atoms with E-state index < -0.39 is 0 Å². The van der Waals surface area contributed by atoms with Crippen molar-refractivity contribution in [3.63, 3.8) is 0 Å². The van der Waals surface area contributed by atoms with Crippen molar-refractivity contribution in [1.29, 1.82) is 0 Å². The van der Waals surface area contributed by atoms with Crippen molar-refractivity contribution in [2.24, 2.45) is 5.92 Å². The first-order chi connectivity index (χ1) is 13.1. The van der Waals surface area contributed by atoms with E-state index in [0.29, 0.717) is 37.0 Å². The van der Waals surface area contributed by atoms with Gasteiger partial charge in [0.05, 0.1) is 17.8 Å². The van der Waals surface area contributed by atoms with E-state index >= 15 is 0 Å². The minimum Gasteiger partial charge on any atom is -0.492 e. The Hall–Kier alpha value is -2.38. The highest BCUT2D eigenvalue weighted by Crippen LogP contribution is 2.37. The second kappa shape index (κ2) is 6.35. The lowest BCUT2D eigenvalue weighted by Crippen LogP contribution is -2.42. The minimum atomic E-state index is -0.184. The number of hydrogen-bond donors (Lipinski definition) is 1. The molecule has 0 saturated heterocycles. The van der Waals surface area contributed by atoms with E-state index in [-0.39, 0.29) is 11.8 Å². The summed E-state index contributed by atoms with van der Waals surface area (Å²) in [4.78, 5) is 25.5. The third-order valence-electron chi connectivity index (χ3n) is 5.26. The number of benzene rings is 1. The molecular formula is C19H17ClN4O2S. The lowest BCUT2D eigenvalue weighted by Gasteiger charge is -2.32. The molecule has 0 fully saturated rings. The summed E-state index contributed by atoms with van der Waals surface area (Å²) in [5.74, 6) is 1.29. The number of carbonyl (C=O) groups excluding carboxylic acids is 1. The summed E-state index contributed by atoms with van der Waals surface area (Å²) in [6, 6.07) is 5.57. The number of fused-ring (bicyclic) bond motifs is 4. The van der Waals surface area contributed by atoms with E-state index in [1.54, 1.807) is 11.3 Å². The van der Waals surface area contributed by atoms with Gasteiger partial charge in [0.25, 0.3) is 0 Å². The molecule has 2 aliphatic rings. The number of rotatable bonds is 1. The van der Waals surface area contributed by atoms with Gasteiger partial charge in [-0.25, -0.2) is 9.97 Å². The monoisotopic (exact) mass is 400 g/mol. The van der Waals surface area contributed by atoms with Gasteiger partial charge in [-0.1, -0.05) is 11.6 Å². The number of hydrogen-bond acceptors (Lipinski definition) is 6. The van der Waals surface area contributed by atoms with Gasteiger partial charge in [-0.15, -0.1) is 11.3 Å². The molecule has 1 atom stereocenters. The fourth-order valence-corrected chi connectivity index (χ4v) is 5.33. The first-order valence-electron chi connectivity index (χ1n) is 8.81. The molecule has 1 amide bonds. The SMILES string of the molecule is Nc1ncnc2sc3c(c12)CCN(C(=O)[C@@H]1COc2ccc(Cl)cc2C1)C3. The second-order valence-corrected chi connectivity index (χ2v) is 8.44. The Morgan fingerprint density at radius 3 is 3.15 bits per heavy atom. The fourth-order valence-electron chi connectivity index (χ4n) is 3.92. The number of ether oxygens (including phenoxy) is 1. The van der Waals surface area contributed by atoms with Crippen LogP contribution in [0.5, 0.6) is 5.75 Å². The fraction of sp³-hybridized carbons (Fsp3) is 0.316. The first kappa shape index (κ1) is 16.8. The summed E-state index contributed by atoms with van der Waals surface area (Å²) in [7, 11) is 0. The smallest absolute Gasteiger partial charge is 0.229 e. The number of aromatic nitrogens is 2. The highest BCUT2D eigenvalue weighted by molar-refractivity contribution is 7.19.